The highest BCUT2D eigenvalue weighted by Crippen LogP contribution is 2.70. The van der Waals surface area contributed by atoms with Gasteiger partial charge in [-0.3, -0.25) is 9.69 Å². The lowest BCUT2D eigenvalue weighted by atomic mass is 9.53. The van der Waals surface area contributed by atoms with Crippen molar-refractivity contribution in [3.63, 3.8) is 0 Å². The number of carbonyl (C=O) groups excluding carboxylic acids is 2. The van der Waals surface area contributed by atoms with Crippen LogP contribution in [0.3, 0.4) is 0 Å². The lowest BCUT2D eigenvalue weighted by Gasteiger charge is -2.49. The third-order valence-corrected chi connectivity index (χ3v) is 8.55. The quantitative estimate of drug-likeness (QED) is 0.529. The molecule has 5 aliphatic rings. The van der Waals surface area contributed by atoms with Crippen molar-refractivity contribution < 1.29 is 23.8 Å². The van der Waals surface area contributed by atoms with Crippen LogP contribution in [0, 0.1) is 23.2 Å². The molecule has 5 fully saturated rings. The van der Waals surface area contributed by atoms with Crippen molar-refractivity contribution in [3.8, 4) is 0 Å². The number of fused-ring (bicyclic) bond motifs is 2. The highest BCUT2D eigenvalue weighted by molar-refractivity contribution is 5.76. The maximum absolute atomic E-state index is 12.8. The molecule has 1 spiro atoms. The summed E-state index contributed by atoms with van der Waals surface area (Å²) < 4.78 is 17.5. The topological polar surface area (TPSA) is 71.6 Å². The monoisotopic (exact) mass is 406 g/mol. The highest BCUT2D eigenvalue weighted by Gasteiger charge is 2.78. The second-order valence-electron chi connectivity index (χ2n) is 10.0. The molecule has 3 heterocycles. The zero-order valence-corrected chi connectivity index (χ0v) is 17.9. The molecule has 7 atom stereocenters. The molecular weight excluding hydrogens is 372 g/mol. The Morgan fingerprint density at radius 2 is 2.03 bits per heavy atom. The molecule has 7 nitrogen and oxygen atoms in total. The minimum absolute atomic E-state index is 0.00393. The Morgan fingerprint density at radius 1 is 1.28 bits per heavy atom. The smallest absolute Gasteiger partial charge is 0.409 e. The summed E-state index contributed by atoms with van der Waals surface area (Å²) in [7, 11) is 0. The van der Waals surface area contributed by atoms with E-state index >= 15 is 0 Å². The minimum Gasteiger partial charge on any atom is -0.462 e. The van der Waals surface area contributed by atoms with E-state index in [9.17, 15) is 9.59 Å². The number of ether oxygens (including phenoxy) is 3. The molecule has 29 heavy (non-hydrogen) atoms. The first-order valence-corrected chi connectivity index (χ1v) is 11.4. The predicted molar refractivity (Wildman–Crippen MR) is 105 cm³/mol. The van der Waals surface area contributed by atoms with E-state index in [1.54, 1.807) is 4.90 Å². The van der Waals surface area contributed by atoms with E-state index in [1.165, 1.54) is 19.3 Å². The van der Waals surface area contributed by atoms with Gasteiger partial charge in [-0.25, -0.2) is 4.79 Å². The van der Waals surface area contributed by atoms with Gasteiger partial charge >= 0.3 is 12.1 Å². The van der Waals surface area contributed by atoms with Crippen molar-refractivity contribution >= 4 is 12.1 Å². The third-order valence-electron chi connectivity index (χ3n) is 8.55. The molecule has 0 aromatic heterocycles. The van der Waals surface area contributed by atoms with Crippen LogP contribution in [0.15, 0.2) is 0 Å². The molecule has 0 radical (unpaired) electrons. The summed E-state index contributed by atoms with van der Waals surface area (Å²) >= 11 is 0. The summed E-state index contributed by atoms with van der Waals surface area (Å²) in [5, 5.41) is 0. The lowest BCUT2D eigenvalue weighted by molar-refractivity contribution is -0.146. The molecule has 0 bridgehead atoms. The maximum atomic E-state index is 12.8. The molecule has 0 aromatic carbocycles. The predicted octanol–water partition coefficient (Wildman–Crippen LogP) is 2.29. The summed E-state index contributed by atoms with van der Waals surface area (Å²) in [5.74, 6) is 0.571. The van der Waals surface area contributed by atoms with Crippen LogP contribution < -0.4 is 0 Å². The van der Waals surface area contributed by atoms with Gasteiger partial charge in [0.1, 0.15) is 11.7 Å². The Bertz CT molecular complexity index is 693. The van der Waals surface area contributed by atoms with Crippen LogP contribution in [-0.4, -0.2) is 79.0 Å². The number of hydrogen-bond acceptors (Lipinski definition) is 6. The number of rotatable bonds is 3. The van der Waals surface area contributed by atoms with Gasteiger partial charge in [-0.2, -0.15) is 0 Å². The van der Waals surface area contributed by atoms with E-state index in [0.717, 1.165) is 19.5 Å². The average molecular weight is 407 g/mol. The molecule has 2 saturated carbocycles. The van der Waals surface area contributed by atoms with Crippen molar-refractivity contribution in [1.82, 2.24) is 9.80 Å². The Hall–Kier alpha value is -1.34. The van der Waals surface area contributed by atoms with Crippen LogP contribution in [0.4, 0.5) is 4.79 Å². The molecule has 5 rings (SSSR count). The van der Waals surface area contributed by atoms with Crippen LogP contribution in [0.2, 0.25) is 0 Å². The molecule has 0 aromatic rings. The Kier molecular flexibility index (Phi) is 4.63. The molecule has 0 unspecified atom stereocenters. The molecule has 0 N–H and O–H groups in total. The van der Waals surface area contributed by atoms with Gasteiger partial charge in [0.05, 0.1) is 18.6 Å². The van der Waals surface area contributed by atoms with Gasteiger partial charge < -0.3 is 19.1 Å². The molecule has 7 heteroatoms. The van der Waals surface area contributed by atoms with E-state index in [2.05, 4.69) is 18.7 Å². The summed E-state index contributed by atoms with van der Waals surface area (Å²) in [5.41, 5.74) is 0.0954. The van der Waals surface area contributed by atoms with Gasteiger partial charge in [-0.1, -0.05) is 20.3 Å². The van der Waals surface area contributed by atoms with Crippen molar-refractivity contribution in [1.29, 1.82) is 0 Å². The highest BCUT2D eigenvalue weighted by atomic mass is 16.6. The second kappa shape index (κ2) is 6.84. The van der Waals surface area contributed by atoms with Crippen LogP contribution in [0.25, 0.3) is 0 Å². The van der Waals surface area contributed by atoms with Gasteiger partial charge in [0.2, 0.25) is 0 Å². The summed E-state index contributed by atoms with van der Waals surface area (Å²) in [4.78, 5) is 28.8. The fourth-order valence-electron chi connectivity index (χ4n) is 7.05. The lowest BCUT2D eigenvalue weighted by Crippen LogP contribution is -2.55. The molecule has 3 saturated heterocycles. The van der Waals surface area contributed by atoms with Crippen molar-refractivity contribution in [3.05, 3.63) is 0 Å². The summed E-state index contributed by atoms with van der Waals surface area (Å²) in [6, 6.07) is 0. The molecule has 2 aliphatic carbocycles. The molecule has 162 valence electrons. The van der Waals surface area contributed by atoms with E-state index in [1.807, 2.05) is 6.92 Å². The van der Waals surface area contributed by atoms with Crippen molar-refractivity contribution in [2.75, 3.05) is 39.3 Å². The summed E-state index contributed by atoms with van der Waals surface area (Å²) in [6.45, 7) is 10.4. The van der Waals surface area contributed by atoms with E-state index in [-0.39, 0.29) is 47.1 Å². The standard InChI is InChI=1S/C22H34N2O5/c1-4-27-20(26)24-10-8-23(9-11-24)13-15-17-16(28-19(15)25)12-21(3)7-5-6-14(2)22(21)18(17)29-22/h14-18H,4-13H2,1-3H3/t14-,15-,16+,17+,18-,21+,22-/m0/s1. The molecule has 1 amide bonds. The fraction of sp³-hybridized carbons (Fsp3) is 0.909. The number of hydrogen-bond donors (Lipinski definition) is 0. The number of piperazine rings is 1. The number of carbonyl (C=O) groups is 2. The average Bonchev–Trinajstić information content (AvgIpc) is 3.37. The Labute approximate surface area is 173 Å². The van der Waals surface area contributed by atoms with Crippen LogP contribution >= 0.6 is 0 Å². The first-order chi connectivity index (χ1) is 13.9. The van der Waals surface area contributed by atoms with Crippen LogP contribution in [-0.2, 0) is 19.0 Å². The van der Waals surface area contributed by atoms with Crippen LogP contribution in [0.5, 0.6) is 0 Å². The van der Waals surface area contributed by atoms with Gasteiger partial charge in [0, 0.05) is 44.1 Å². The molecular formula is C22H34N2O5. The third kappa shape index (κ3) is 2.83. The Morgan fingerprint density at radius 3 is 2.76 bits per heavy atom. The zero-order chi connectivity index (χ0) is 20.4. The first kappa shape index (κ1) is 19.6. The number of nitrogens with zero attached hydrogens (tertiary/aromatic N) is 2. The largest absolute Gasteiger partial charge is 0.462 e. The van der Waals surface area contributed by atoms with E-state index < -0.39 is 0 Å². The van der Waals surface area contributed by atoms with E-state index in [4.69, 9.17) is 14.2 Å². The number of epoxide rings is 1. The minimum atomic E-state index is -0.237. The van der Waals surface area contributed by atoms with E-state index in [0.29, 0.717) is 32.2 Å². The fourth-order valence-corrected chi connectivity index (χ4v) is 7.05. The van der Waals surface area contributed by atoms with Gasteiger partial charge in [-0.15, -0.1) is 0 Å². The van der Waals surface area contributed by atoms with Crippen LogP contribution in [0.1, 0.15) is 46.5 Å². The first-order valence-electron chi connectivity index (χ1n) is 11.4. The Balaban J connectivity index is 1.26. The van der Waals surface area contributed by atoms with Gasteiger partial charge in [-0.05, 0) is 32.1 Å². The van der Waals surface area contributed by atoms with Crippen molar-refractivity contribution in [2.24, 2.45) is 23.2 Å². The second-order valence-corrected chi connectivity index (χ2v) is 10.0. The normalized spacial score (nSPS) is 46.4. The van der Waals surface area contributed by atoms with Gasteiger partial charge in [0.25, 0.3) is 0 Å². The zero-order valence-electron chi connectivity index (χ0n) is 17.9. The number of amides is 1. The number of esters is 1. The van der Waals surface area contributed by atoms with Crippen molar-refractivity contribution in [2.45, 2.75) is 64.3 Å². The SMILES string of the molecule is CCOC(=O)N1CCN(C[C@@H]2C(=O)O[C@@H]3C[C@@]4(C)CCC[C@H](C)[C@@]45O[C@H]5[C@H]23)CC1. The summed E-state index contributed by atoms with van der Waals surface area (Å²) in [6.07, 6.45) is 4.52. The maximum Gasteiger partial charge on any atom is 0.409 e. The van der Waals surface area contributed by atoms with Gasteiger partial charge in [0.15, 0.2) is 0 Å². The molecule has 3 aliphatic heterocycles.